The molecule has 3 rings (SSSR count). The summed E-state index contributed by atoms with van der Waals surface area (Å²) in [5.41, 5.74) is 7.42. The van der Waals surface area contributed by atoms with Gasteiger partial charge in [0.05, 0.1) is 6.61 Å². The quantitative estimate of drug-likeness (QED) is 0.767. The van der Waals surface area contributed by atoms with Gasteiger partial charge < -0.3 is 15.4 Å². The Morgan fingerprint density at radius 3 is 2.71 bits per heavy atom. The summed E-state index contributed by atoms with van der Waals surface area (Å²) in [6.07, 6.45) is 4.67. The van der Waals surface area contributed by atoms with E-state index < -0.39 is 0 Å². The second-order valence-electron chi connectivity index (χ2n) is 6.92. The molecule has 3 unspecified atom stereocenters. The molecule has 24 heavy (non-hydrogen) atoms. The Bertz CT molecular complexity index is 511. The van der Waals surface area contributed by atoms with Crippen LogP contribution < -0.4 is 5.73 Å². The van der Waals surface area contributed by atoms with Crippen LogP contribution in [0, 0.1) is 11.8 Å². The molecule has 134 valence electrons. The maximum Gasteiger partial charge on any atom is 0.222 e. The monoisotopic (exact) mass is 352 g/mol. The van der Waals surface area contributed by atoms with Crippen LogP contribution in [0.1, 0.15) is 31.2 Å². The molecule has 4 nitrogen and oxygen atoms in total. The maximum absolute atomic E-state index is 12.3. The van der Waals surface area contributed by atoms with Crippen molar-refractivity contribution in [2.45, 2.75) is 38.1 Å². The Morgan fingerprint density at radius 2 is 1.96 bits per heavy atom. The van der Waals surface area contributed by atoms with E-state index in [9.17, 15) is 4.79 Å². The average Bonchev–Trinajstić information content (AvgIpc) is 3.14. The van der Waals surface area contributed by atoms with Crippen LogP contribution in [0.15, 0.2) is 30.3 Å². The largest absolute Gasteiger partial charge is 0.381 e. The zero-order chi connectivity index (χ0) is 16.1. The van der Waals surface area contributed by atoms with E-state index in [1.807, 2.05) is 23.1 Å². The number of hydrogen-bond acceptors (Lipinski definition) is 3. The number of rotatable bonds is 7. The maximum atomic E-state index is 12.3. The lowest BCUT2D eigenvalue weighted by Crippen LogP contribution is -2.33. The Labute approximate surface area is 151 Å². The fourth-order valence-corrected chi connectivity index (χ4v) is 3.93. The molecule has 1 aromatic carbocycles. The molecule has 3 atom stereocenters. The van der Waals surface area contributed by atoms with Crippen molar-refractivity contribution in [1.29, 1.82) is 0 Å². The van der Waals surface area contributed by atoms with Gasteiger partial charge in [-0.3, -0.25) is 4.79 Å². The molecule has 1 aliphatic carbocycles. The minimum atomic E-state index is 0. The Morgan fingerprint density at radius 1 is 1.17 bits per heavy atom. The van der Waals surface area contributed by atoms with Crippen LogP contribution in [0.3, 0.4) is 0 Å². The third-order valence-corrected chi connectivity index (χ3v) is 5.32. The highest BCUT2D eigenvalue weighted by Gasteiger charge is 2.42. The SMILES string of the molecule is Cl.NC1CCC2CN(C(=O)CCCOCCc3ccccc3)CC12. The lowest BCUT2D eigenvalue weighted by Gasteiger charge is -2.18. The van der Waals surface area contributed by atoms with Crippen LogP contribution in [0.25, 0.3) is 0 Å². The van der Waals surface area contributed by atoms with Gasteiger partial charge >= 0.3 is 0 Å². The zero-order valence-corrected chi connectivity index (χ0v) is 15.0. The van der Waals surface area contributed by atoms with E-state index in [1.165, 1.54) is 12.0 Å². The first kappa shape index (κ1) is 19.2. The third-order valence-electron chi connectivity index (χ3n) is 5.32. The second-order valence-corrected chi connectivity index (χ2v) is 6.92. The summed E-state index contributed by atoms with van der Waals surface area (Å²) in [5.74, 6) is 1.47. The number of ether oxygens (including phenoxy) is 1. The molecule has 1 saturated heterocycles. The normalized spacial score (nSPS) is 25.4. The molecule has 1 heterocycles. The number of benzene rings is 1. The van der Waals surface area contributed by atoms with Crippen molar-refractivity contribution in [3.05, 3.63) is 35.9 Å². The second kappa shape index (κ2) is 9.40. The molecular weight excluding hydrogens is 324 g/mol. The van der Waals surface area contributed by atoms with E-state index in [0.29, 0.717) is 30.9 Å². The molecule has 0 bridgehead atoms. The Hall–Kier alpha value is -1.10. The number of nitrogens with two attached hydrogens (primary N) is 1. The molecule has 0 aromatic heterocycles. The number of nitrogens with zero attached hydrogens (tertiary/aromatic N) is 1. The highest BCUT2D eigenvalue weighted by atomic mass is 35.5. The predicted octanol–water partition coefficient (Wildman–Crippen LogP) is 2.64. The fraction of sp³-hybridized carbons (Fsp3) is 0.632. The van der Waals surface area contributed by atoms with Crippen LogP contribution in [0.5, 0.6) is 0 Å². The molecule has 1 aromatic rings. The van der Waals surface area contributed by atoms with Gasteiger partial charge in [0.1, 0.15) is 0 Å². The van der Waals surface area contributed by atoms with Crippen molar-refractivity contribution in [2.24, 2.45) is 17.6 Å². The van der Waals surface area contributed by atoms with Crippen molar-refractivity contribution in [3.63, 3.8) is 0 Å². The predicted molar refractivity (Wildman–Crippen MR) is 98.2 cm³/mol. The van der Waals surface area contributed by atoms with Crippen LogP contribution in [-0.2, 0) is 16.0 Å². The molecule has 0 radical (unpaired) electrons. The van der Waals surface area contributed by atoms with Gasteiger partial charge in [0, 0.05) is 32.2 Å². The smallest absolute Gasteiger partial charge is 0.222 e. The summed E-state index contributed by atoms with van der Waals surface area (Å²) >= 11 is 0. The number of amides is 1. The van der Waals surface area contributed by atoms with Crippen molar-refractivity contribution < 1.29 is 9.53 Å². The number of carbonyl (C=O) groups excluding carboxylic acids is 1. The van der Waals surface area contributed by atoms with Crippen molar-refractivity contribution in [2.75, 3.05) is 26.3 Å². The number of hydrogen-bond donors (Lipinski definition) is 1. The first-order valence-corrected chi connectivity index (χ1v) is 8.89. The highest BCUT2D eigenvalue weighted by Crippen LogP contribution is 2.37. The van der Waals surface area contributed by atoms with Gasteiger partial charge in [-0.25, -0.2) is 0 Å². The van der Waals surface area contributed by atoms with Gasteiger partial charge in [0.25, 0.3) is 0 Å². The summed E-state index contributed by atoms with van der Waals surface area (Å²) in [7, 11) is 0. The highest BCUT2D eigenvalue weighted by molar-refractivity contribution is 5.85. The topological polar surface area (TPSA) is 55.6 Å². The fourth-order valence-electron chi connectivity index (χ4n) is 3.93. The summed E-state index contributed by atoms with van der Waals surface area (Å²) in [6, 6.07) is 10.6. The number of likely N-dealkylation sites (tertiary alicyclic amines) is 1. The van der Waals surface area contributed by atoms with Gasteiger partial charge in [0.2, 0.25) is 5.91 Å². The Balaban J connectivity index is 0.00000208. The molecule has 2 aliphatic rings. The van der Waals surface area contributed by atoms with Crippen molar-refractivity contribution >= 4 is 18.3 Å². The summed E-state index contributed by atoms with van der Waals surface area (Å²) < 4.78 is 5.65. The van der Waals surface area contributed by atoms with Gasteiger partial charge in [-0.2, -0.15) is 0 Å². The first-order chi connectivity index (χ1) is 11.2. The van der Waals surface area contributed by atoms with Gasteiger partial charge in [-0.1, -0.05) is 30.3 Å². The van der Waals surface area contributed by atoms with Crippen LogP contribution in [-0.4, -0.2) is 43.2 Å². The number of carbonyl (C=O) groups is 1. The van der Waals surface area contributed by atoms with E-state index in [0.717, 1.165) is 39.0 Å². The molecule has 2 fully saturated rings. The third kappa shape index (κ3) is 4.95. The summed E-state index contributed by atoms with van der Waals surface area (Å²) in [6.45, 7) is 3.19. The van der Waals surface area contributed by atoms with Crippen LogP contribution >= 0.6 is 12.4 Å². The van der Waals surface area contributed by atoms with E-state index in [4.69, 9.17) is 10.5 Å². The molecule has 1 aliphatic heterocycles. The van der Waals surface area contributed by atoms with E-state index >= 15 is 0 Å². The number of halogens is 1. The lowest BCUT2D eigenvalue weighted by molar-refractivity contribution is -0.130. The molecule has 5 heteroatoms. The summed E-state index contributed by atoms with van der Waals surface area (Å²) in [4.78, 5) is 14.3. The van der Waals surface area contributed by atoms with Crippen molar-refractivity contribution in [1.82, 2.24) is 4.90 Å². The first-order valence-electron chi connectivity index (χ1n) is 8.89. The Kier molecular flexibility index (Phi) is 7.53. The molecular formula is C19H29ClN2O2. The minimum Gasteiger partial charge on any atom is -0.381 e. The molecule has 1 saturated carbocycles. The van der Waals surface area contributed by atoms with Crippen LogP contribution in [0.4, 0.5) is 0 Å². The standard InChI is InChI=1S/C19H28N2O2.ClH/c20-18-9-8-16-13-21(14-17(16)18)19(22)7-4-11-23-12-10-15-5-2-1-3-6-15;/h1-3,5-6,16-18H,4,7-14,20H2;1H. The lowest BCUT2D eigenvalue weighted by atomic mass is 9.98. The molecule has 0 spiro atoms. The van der Waals surface area contributed by atoms with Crippen LogP contribution in [0.2, 0.25) is 0 Å². The van der Waals surface area contributed by atoms with E-state index in [1.54, 1.807) is 0 Å². The van der Waals surface area contributed by atoms with E-state index in [-0.39, 0.29) is 18.3 Å². The number of fused-ring (bicyclic) bond motifs is 1. The average molecular weight is 353 g/mol. The van der Waals surface area contributed by atoms with Gasteiger partial charge in [0.15, 0.2) is 0 Å². The molecule has 1 amide bonds. The van der Waals surface area contributed by atoms with Gasteiger partial charge in [-0.05, 0) is 43.1 Å². The van der Waals surface area contributed by atoms with E-state index in [2.05, 4.69) is 12.1 Å². The zero-order valence-electron chi connectivity index (χ0n) is 14.2. The molecule has 2 N–H and O–H groups in total. The van der Waals surface area contributed by atoms with Crippen molar-refractivity contribution in [3.8, 4) is 0 Å². The van der Waals surface area contributed by atoms with Gasteiger partial charge in [-0.15, -0.1) is 12.4 Å². The minimum absolute atomic E-state index is 0. The summed E-state index contributed by atoms with van der Waals surface area (Å²) in [5, 5.41) is 0.